The van der Waals surface area contributed by atoms with Crippen molar-refractivity contribution < 1.29 is 14.3 Å². The third-order valence-electron chi connectivity index (χ3n) is 4.16. The van der Waals surface area contributed by atoms with E-state index in [9.17, 15) is 9.90 Å². The number of benzene rings is 1. The van der Waals surface area contributed by atoms with Gasteiger partial charge in [-0.3, -0.25) is 4.79 Å². The summed E-state index contributed by atoms with van der Waals surface area (Å²) in [4.78, 5) is 16.5. The first-order valence-electron chi connectivity index (χ1n) is 9.67. The molecule has 0 saturated carbocycles. The number of nitrogens with zero attached hydrogens (tertiary/aromatic N) is 1. The van der Waals surface area contributed by atoms with Gasteiger partial charge in [0.25, 0.3) is 0 Å². The maximum atomic E-state index is 12.0. The Kier molecular flexibility index (Phi) is 8.54. The molecule has 2 rings (SSSR count). The summed E-state index contributed by atoms with van der Waals surface area (Å²) >= 11 is 5.84. The van der Waals surface area contributed by atoms with E-state index >= 15 is 0 Å². The van der Waals surface area contributed by atoms with Crippen LogP contribution in [0.25, 0.3) is 0 Å². The summed E-state index contributed by atoms with van der Waals surface area (Å²) in [6.07, 6.45) is 1.01. The second kappa shape index (κ2) is 10.9. The number of aliphatic imine (C=N–C) groups is 1. The lowest BCUT2D eigenvalue weighted by molar-refractivity contribution is -0.116. The summed E-state index contributed by atoms with van der Waals surface area (Å²) in [6, 6.07) is 10.6. The molecule has 0 spiro atoms. The second-order valence-electron chi connectivity index (χ2n) is 6.96. The molecule has 0 aliphatic rings. The van der Waals surface area contributed by atoms with Gasteiger partial charge in [0.05, 0.1) is 6.54 Å². The zero-order valence-corrected chi connectivity index (χ0v) is 17.8. The van der Waals surface area contributed by atoms with Gasteiger partial charge in [0.1, 0.15) is 17.1 Å². The van der Waals surface area contributed by atoms with Crippen LogP contribution in [0.4, 0.5) is 5.69 Å². The predicted molar refractivity (Wildman–Crippen MR) is 116 cm³/mol. The average Bonchev–Trinajstić information content (AvgIpc) is 3.12. The lowest BCUT2D eigenvalue weighted by Crippen LogP contribution is -2.39. The molecular weight excluding hydrogens is 392 g/mol. The van der Waals surface area contributed by atoms with Crippen LogP contribution >= 0.6 is 11.6 Å². The Labute approximate surface area is 176 Å². The minimum atomic E-state index is -1.20. The molecule has 1 heterocycles. The monoisotopic (exact) mass is 420 g/mol. The van der Waals surface area contributed by atoms with E-state index in [0.717, 1.165) is 11.4 Å². The molecule has 29 heavy (non-hydrogen) atoms. The molecule has 0 aliphatic carbocycles. The normalized spacial score (nSPS) is 13.6. The topological polar surface area (TPSA) is 98.9 Å². The van der Waals surface area contributed by atoms with E-state index in [1.54, 1.807) is 37.3 Å². The van der Waals surface area contributed by atoms with Crippen LogP contribution in [-0.4, -0.2) is 36.6 Å². The quantitative estimate of drug-likeness (QED) is 0.283. The van der Waals surface area contributed by atoms with Crippen LogP contribution in [-0.2, 0) is 10.4 Å². The van der Waals surface area contributed by atoms with Gasteiger partial charge in [0, 0.05) is 30.2 Å². The van der Waals surface area contributed by atoms with Gasteiger partial charge in [-0.25, -0.2) is 4.99 Å². The SMILES string of the molecule is CCNC(=NCC(C)(O)c1ccc(C)o1)NCCCC(=O)Nc1ccc(Cl)cc1. The van der Waals surface area contributed by atoms with Crippen molar-refractivity contribution in [2.75, 3.05) is 25.0 Å². The minimum absolute atomic E-state index is 0.0628. The number of anilines is 1. The summed E-state index contributed by atoms with van der Waals surface area (Å²) in [5.41, 5.74) is -0.479. The van der Waals surface area contributed by atoms with E-state index in [2.05, 4.69) is 20.9 Å². The molecule has 0 fully saturated rings. The lowest BCUT2D eigenvalue weighted by Gasteiger charge is -2.19. The number of aliphatic hydroxyl groups is 1. The van der Waals surface area contributed by atoms with Crippen molar-refractivity contribution in [1.29, 1.82) is 0 Å². The first-order valence-corrected chi connectivity index (χ1v) is 10.0. The molecule has 158 valence electrons. The number of aryl methyl sites for hydroxylation is 1. The number of hydrogen-bond acceptors (Lipinski definition) is 4. The van der Waals surface area contributed by atoms with E-state index in [4.69, 9.17) is 16.0 Å². The van der Waals surface area contributed by atoms with Crippen molar-refractivity contribution in [2.24, 2.45) is 4.99 Å². The summed E-state index contributed by atoms with van der Waals surface area (Å²) in [7, 11) is 0. The number of carbonyl (C=O) groups is 1. The fraction of sp³-hybridized carbons (Fsp3) is 0.429. The van der Waals surface area contributed by atoms with Crippen LogP contribution in [0.3, 0.4) is 0 Å². The first-order chi connectivity index (χ1) is 13.8. The molecule has 0 radical (unpaired) electrons. The standard InChI is InChI=1S/C21H29ClN4O3/c1-4-23-20(25-14-21(3,28)18-12-7-15(2)29-18)24-13-5-6-19(27)26-17-10-8-16(22)9-11-17/h7-12,28H,4-6,13-14H2,1-3H3,(H,26,27)(H2,23,24,25). The Morgan fingerprint density at radius 3 is 2.55 bits per heavy atom. The lowest BCUT2D eigenvalue weighted by atomic mass is 10.0. The van der Waals surface area contributed by atoms with Gasteiger partial charge in [-0.1, -0.05) is 11.6 Å². The highest BCUT2D eigenvalue weighted by molar-refractivity contribution is 6.30. The van der Waals surface area contributed by atoms with Gasteiger partial charge >= 0.3 is 0 Å². The van der Waals surface area contributed by atoms with Crippen molar-refractivity contribution in [2.45, 2.75) is 39.2 Å². The van der Waals surface area contributed by atoms with E-state index in [1.807, 2.05) is 19.9 Å². The van der Waals surface area contributed by atoms with Gasteiger partial charge < -0.3 is 25.5 Å². The number of nitrogens with one attached hydrogen (secondary N) is 3. The van der Waals surface area contributed by atoms with Crippen LogP contribution in [0.1, 0.15) is 38.2 Å². The summed E-state index contributed by atoms with van der Waals surface area (Å²) in [5, 5.41) is 20.4. The minimum Gasteiger partial charge on any atom is -0.463 e. The zero-order valence-electron chi connectivity index (χ0n) is 17.1. The summed E-state index contributed by atoms with van der Waals surface area (Å²) < 4.78 is 5.51. The Balaban J connectivity index is 1.78. The average molecular weight is 421 g/mol. The Bertz CT molecular complexity index is 816. The van der Waals surface area contributed by atoms with Crippen LogP contribution in [0.5, 0.6) is 0 Å². The fourth-order valence-electron chi connectivity index (χ4n) is 2.59. The molecule has 1 amide bonds. The predicted octanol–water partition coefficient (Wildman–Crippen LogP) is 3.42. The molecular formula is C21H29ClN4O3. The van der Waals surface area contributed by atoms with Gasteiger partial charge in [-0.2, -0.15) is 0 Å². The number of halogens is 1. The number of furan rings is 1. The number of carbonyl (C=O) groups excluding carboxylic acids is 1. The highest BCUT2D eigenvalue weighted by Gasteiger charge is 2.26. The molecule has 0 bridgehead atoms. The molecule has 8 heteroatoms. The third kappa shape index (κ3) is 7.79. The largest absolute Gasteiger partial charge is 0.463 e. The fourth-order valence-corrected chi connectivity index (χ4v) is 2.72. The van der Waals surface area contributed by atoms with Crippen molar-refractivity contribution in [3.8, 4) is 0 Å². The van der Waals surface area contributed by atoms with Gasteiger partial charge in [-0.15, -0.1) is 0 Å². The number of guanidine groups is 1. The Morgan fingerprint density at radius 1 is 1.21 bits per heavy atom. The third-order valence-corrected chi connectivity index (χ3v) is 4.41. The Hall–Kier alpha value is -2.51. The van der Waals surface area contributed by atoms with E-state index < -0.39 is 5.60 Å². The van der Waals surface area contributed by atoms with E-state index in [0.29, 0.717) is 42.7 Å². The molecule has 1 aromatic carbocycles. The molecule has 1 unspecified atom stereocenters. The second-order valence-corrected chi connectivity index (χ2v) is 7.40. The van der Waals surface area contributed by atoms with Crippen molar-refractivity contribution >= 4 is 29.2 Å². The molecule has 0 aliphatic heterocycles. The van der Waals surface area contributed by atoms with Crippen molar-refractivity contribution in [3.63, 3.8) is 0 Å². The summed E-state index contributed by atoms with van der Waals surface area (Å²) in [6.45, 7) is 6.86. The van der Waals surface area contributed by atoms with Gasteiger partial charge in [0.2, 0.25) is 5.91 Å². The molecule has 4 N–H and O–H groups in total. The van der Waals surface area contributed by atoms with Crippen molar-refractivity contribution in [3.05, 3.63) is 52.9 Å². The highest BCUT2D eigenvalue weighted by Crippen LogP contribution is 2.23. The number of rotatable bonds is 9. The van der Waals surface area contributed by atoms with E-state index in [1.165, 1.54) is 0 Å². The van der Waals surface area contributed by atoms with Crippen LogP contribution < -0.4 is 16.0 Å². The molecule has 2 aromatic rings. The molecule has 0 saturated heterocycles. The molecule has 7 nitrogen and oxygen atoms in total. The maximum Gasteiger partial charge on any atom is 0.224 e. The first kappa shape index (κ1) is 22.8. The summed E-state index contributed by atoms with van der Waals surface area (Å²) in [5.74, 6) is 1.74. The molecule has 1 aromatic heterocycles. The Morgan fingerprint density at radius 2 is 1.93 bits per heavy atom. The van der Waals surface area contributed by atoms with Gasteiger partial charge in [-0.05, 0) is 63.6 Å². The van der Waals surface area contributed by atoms with Crippen molar-refractivity contribution in [1.82, 2.24) is 10.6 Å². The smallest absolute Gasteiger partial charge is 0.224 e. The van der Waals surface area contributed by atoms with Crippen LogP contribution in [0, 0.1) is 6.92 Å². The highest BCUT2D eigenvalue weighted by atomic mass is 35.5. The zero-order chi connectivity index (χ0) is 21.3. The number of hydrogen-bond donors (Lipinski definition) is 4. The molecule has 1 atom stereocenters. The maximum absolute atomic E-state index is 12.0. The van der Waals surface area contributed by atoms with Gasteiger partial charge in [0.15, 0.2) is 5.96 Å². The number of amides is 1. The van der Waals surface area contributed by atoms with Crippen LogP contribution in [0.15, 0.2) is 45.8 Å². The van der Waals surface area contributed by atoms with E-state index in [-0.39, 0.29) is 12.5 Å². The van der Waals surface area contributed by atoms with Crippen LogP contribution in [0.2, 0.25) is 5.02 Å².